The number of thiophene rings is 2. The Bertz CT molecular complexity index is 576. The van der Waals surface area contributed by atoms with Crippen LogP contribution in [0.1, 0.15) is 34.2 Å². The molecule has 0 saturated heterocycles. The zero-order chi connectivity index (χ0) is 13.9. The number of carboxylic acids is 1. The van der Waals surface area contributed by atoms with Gasteiger partial charge in [-0.3, -0.25) is 9.69 Å². The van der Waals surface area contributed by atoms with Gasteiger partial charge in [0.05, 0.1) is 6.04 Å². The van der Waals surface area contributed by atoms with E-state index in [2.05, 4.69) is 33.9 Å². The third-order valence-corrected chi connectivity index (χ3v) is 5.64. The van der Waals surface area contributed by atoms with Crippen molar-refractivity contribution >= 4 is 28.6 Å². The molecule has 0 aromatic carbocycles. The molecule has 1 atom stereocenters. The summed E-state index contributed by atoms with van der Waals surface area (Å²) in [7, 11) is 0. The number of carboxylic acid groups (broad SMARTS) is 1. The molecule has 0 spiro atoms. The normalized spacial score (nSPS) is 18.9. The first-order valence-electron chi connectivity index (χ1n) is 6.81. The maximum Gasteiger partial charge on any atom is 0.303 e. The lowest BCUT2D eigenvalue weighted by molar-refractivity contribution is -0.137. The van der Waals surface area contributed by atoms with E-state index >= 15 is 0 Å². The minimum Gasteiger partial charge on any atom is -0.481 e. The second kappa shape index (κ2) is 6.08. The van der Waals surface area contributed by atoms with E-state index in [1.54, 1.807) is 11.3 Å². The second-order valence-electron chi connectivity index (χ2n) is 5.00. The predicted molar refractivity (Wildman–Crippen MR) is 82.6 cm³/mol. The number of carbonyl (C=O) groups is 1. The summed E-state index contributed by atoms with van der Waals surface area (Å²) in [4.78, 5) is 16.0. The number of nitrogens with zero attached hydrogens (tertiary/aromatic N) is 1. The van der Waals surface area contributed by atoms with E-state index in [4.69, 9.17) is 5.11 Å². The van der Waals surface area contributed by atoms with Gasteiger partial charge in [0.2, 0.25) is 0 Å². The molecule has 3 nitrogen and oxygen atoms in total. The van der Waals surface area contributed by atoms with Crippen molar-refractivity contribution in [3.8, 4) is 0 Å². The average Bonchev–Trinajstić information content (AvgIpc) is 3.08. The lowest BCUT2D eigenvalue weighted by Gasteiger charge is -2.35. The van der Waals surface area contributed by atoms with Gasteiger partial charge in [0.15, 0.2) is 0 Å². The highest BCUT2D eigenvalue weighted by atomic mass is 32.1. The quantitative estimate of drug-likeness (QED) is 0.917. The van der Waals surface area contributed by atoms with Gasteiger partial charge in [0.25, 0.3) is 0 Å². The Balaban J connectivity index is 1.81. The van der Waals surface area contributed by atoms with Crippen molar-refractivity contribution in [1.29, 1.82) is 0 Å². The highest BCUT2D eigenvalue weighted by molar-refractivity contribution is 7.10. The summed E-state index contributed by atoms with van der Waals surface area (Å²) < 4.78 is 0. The van der Waals surface area contributed by atoms with Crippen LogP contribution in [0.25, 0.3) is 0 Å². The number of hydrogen-bond acceptors (Lipinski definition) is 4. The zero-order valence-corrected chi connectivity index (χ0v) is 12.8. The third-order valence-electron chi connectivity index (χ3n) is 3.71. The van der Waals surface area contributed by atoms with Crippen molar-refractivity contribution in [2.75, 3.05) is 13.1 Å². The van der Waals surface area contributed by atoms with Crippen LogP contribution in [0, 0.1) is 0 Å². The molecular weight excluding hydrogens is 290 g/mol. The van der Waals surface area contributed by atoms with E-state index in [-0.39, 0.29) is 6.42 Å². The highest BCUT2D eigenvalue weighted by Crippen LogP contribution is 2.39. The summed E-state index contributed by atoms with van der Waals surface area (Å²) in [6.45, 7) is 1.87. The molecule has 0 fully saturated rings. The van der Waals surface area contributed by atoms with Gasteiger partial charge in [-0.05, 0) is 47.8 Å². The fourth-order valence-corrected chi connectivity index (χ4v) is 4.60. The lowest BCUT2D eigenvalue weighted by Crippen LogP contribution is -2.35. The SMILES string of the molecule is O=C(O)CCCN1CCc2sccc2[C@H]1c1cccs1. The molecule has 0 radical (unpaired) electrons. The first-order chi connectivity index (χ1) is 9.75. The maximum atomic E-state index is 10.7. The smallest absolute Gasteiger partial charge is 0.303 e. The molecule has 2 aromatic rings. The first-order valence-corrected chi connectivity index (χ1v) is 8.57. The minimum atomic E-state index is -0.703. The van der Waals surface area contributed by atoms with Gasteiger partial charge in [-0.25, -0.2) is 0 Å². The lowest BCUT2D eigenvalue weighted by atomic mass is 9.98. The summed E-state index contributed by atoms with van der Waals surface area (Å²) in [6, 6.07) is 6.83. The molecule has 0 saturated carbocycles. The molecule has 3 heterocycles. The Kier molecular flexibility index (Phi) is 4.19. The zero-order valence-electron chi connectivity index (χ0n) is 11.1. The molecule has 2 aromatic heterocycles. The summed E-state index contributed by atoms with van der Waals surface area (Å²) in [5, 5.41) is 13.1. The molecular formula is C15H17NO2S2. The van der Waals surface area contributed by atoms with E-state index < -0.39 is 5.97 Å². The molecule has 0 bridgehead atoms. The summed E-state index contributed by atoms with van der Waals surface area (Å²) in [6.07, 6.45) is 2.06. The molecule has 0 aliphatic carbocycles. The van der Waals surface area contributed by atoms with E-state index in [0.717, 1.165) is 25.9 Å². The Morgan fingerprint density at radius 1 is 1.35 bits per heavy atom. The van der Waals surface area contributed by atoms with Crippen molar-refractivity contribution in [2.24, 2.45) is 0 Å². The van der Waals surface area contributed by atoms with E-state index in [9.17, 15) is 4.79 Å². The van der Waals surface area contributed by atoms with E-state index in [0.29, 0.717) is 6.04 Å². The van der Waals surface area contributed by atoms with Crippen LogP contribution in [0.2, 0.25) is 0 Å². The van der Waals surface area contributed by atoms with Crippen LogP contribution in [-0.2, 0) is 11.2 Å². The Morgan fingerprint density at radius 2 is 2.25 bits per heavy atom. The molecule has 106 valence electrons. The van der Waals surface area contributed by atoms with E-state index in [1.165, 1.54) is 15.3 Å². The second-order valence-corrected chi connectivity index (χ2v) is 6.98. The third kappa shape index (κ3) is 2.80. The average molecular weight is 307 g/mol. The predicted octanol–water partition coefficient (Wildman–Crippen LogP) is 3.62. The maximum absolute atomic E-state index is 10.7. The van der Waals surface area contributed by atoms with Crippen molar-refractivity contribution in [3.05, 3.63) is 44.3 Å². The molecule has 0 amide bonds. The molecule has 1 aliphatic heterocycles. The minimum absolute atomic E-state index is 0.254. The summed E-state index contributed by atoms with van der Waals surface area (Å²) in [5.74, 6) is -0.703. The van der Waals surface area contributed by atoms with Crippen molar-refractivity contribution < 1.29 is 9.90 Å². The monoisotopic (exact) mass is 307 g/mol. The summed E-state index contributed by atoms with van der Waals surface area (Å²) in [5.41, 5.74) is 1.42. The molecule has 1 N–H and O–H groups in total. The largest absolute Gasteiger partial charge is 0.481 e. The van der Waals surface area contributed by atoms with Gasteiger partial charge in [-0.15, -0.1) is 22.7 Å². The van der Waals surface area contributed by atoms with Crippen LogP contribution < -0.4 is 0 Å². The van der Waals surface area contributed by atoms with E-state index in [1.807, 2.05) is 11.3 Å². The van der Waals surface area contributed by atoms with Gasteiger partial charge in [0.1, 0.15) is 0 Å². The number of hydrogen-bond donors (Lipinski definition) is 1. The summed E-state index contributed by atoms with van der Waals surface area (Å²) >= 11 is 3.63. The van der Waals surface area contributed by atoms with Crippen molar-refractivity contribution in [3.63, 3.8) is 0 Å². The van der Waals surface area contributed by atoms with Crippen LogP contribution in [0.4, 0.5) is 0 Å². The van der Waals surface area contributed by atoms with Gasteiger partial charge in [-0.1, -0.05) is 6.07 Å². The standard InChI is InChI=1S/C15H17NO2S2/c17-14(18)4-1-7-16-8-5-12-11(6-10-20-12)15(16)13-3-2-9-19-13/h2-3,6,9-10,15H,1,4-5,7-8H2,(H,17,18)/t15-/m0/s1. The number of aliphatic carboxylic acids is 1. The van der Waals surface area contributed by atoms with Crippen molar-refractivity contribution in [1.82, 2.24) is 4.90 Å². The molecule has 5 heteroatoms. The molecule has 1 aliphatic rings. The van der Waals surface area contributed by atoms with Crippen LogP contribution in [-0.4, -0.2) is 29.1 Å². The van der Waals surface area contributed by atoms with Crippen molar-refractivity contribution in [2.45, 2.75) is 25.3 Å². The molecule has 3 rings (SSSR count). The van der Waals surface area contributed by atoms with Gasteiger partial charge < -0.3 is 5.11 Å². The Labute approximate surface area is 126 Å². The van der Waals surface area contributed by atoms with Crippen LogP contribution in [0.5, 0.6) is 0 Å². The van der Waals surface area contributed by atoms with Crippen LogP contribution in [0.15, 0.2) is 29.0 Å². The Hall–Kier alpha value is -1.17. The Morgan fingerprint density at radius 3 is 3.00 bits per heavy atom. The molecule has 0 unspecified atom stereocenters. The molecule has 20 heavy (non-hydrogen) atoms. The van der Waals surface area contributed by atoms with Gasteiger partial charge in [-0.2, -0.15) is 0 Å². The fraction of sp³-hybridized carbons (Fsp3) is 0.400. The van der Waals surface area contributed by atoms with Gasteiger partial charge in [0, 0.05) is 22.7 Å². The topological polar surface area (TPSA) is 40.5 Å². The van der Waals surface area contributed by atoms with Crippen LogP contribution >= 0.6 is 22.7 Å². The number of fused-ring (bicyclic) bond motifs is 1. The fourth-order valence-electron chi connectivity index (χ4n) is 2.82. The highest BCUT2D eigenvalue weighted by Gasteiger charge is 2.29. The number of rotatable bonds is 5. The van der Waals surface area contributed by atoms with Gasteiger partial charge >= 0.3 is 5.97 Å². The van der Waals surface area contributed by atoms with Crippen LogP contribution in [0.3, 0.4) is 0 Å². The first kappa shape index (κ1) is 13.8.